The number of hydrogen-bond acceptors (Lipinski definition) is 6. The number of hydrogen-bond donors (Lipinski definition) is 0. The van der Waals surface area contributed by atoms with Crippen LogP contribution in [-0.2, 0) is 0 Å². The van der Waals surface area contributed by atoms with Crippen LogP contribution in [0.25, 0.3) is 10.8 Å². The third kappa shape index (κ3) is 3.58. The average molecular weight is 386 g/mol. The summed E-state index contributed by atoms with van der Waals surface area (Å²) in [6.45, 7) is 2.40. The highest BCUT2D eigenvalue weighted by molar-refractivity contribution is 5.96. The van der Waals surface area contributed by atoms with Gasteiger partial charge in [-0.15, -0.1) is 0 Å². The average Bonchev–Trinajstić information content (AvgIpc) is 2.75. The molecule has 4 rings (SSSR count). The van der Waals surface area contributed by atoms with E-state index >= 15 is 0 Å². The second kappa shape index (κ2) is 7.93. The quantitative estimate of drug-likeness (QED) is 0.322. The molecule has 3 aromatic carbocycles. The van der Waals surface area contributed by atoms with E-state index in [4.69, 9.17) is 4.74 Å². The molecule has 1 heterocycles. The van der Waals surface area contributed by atoms with Crippen molar-refractivity contribution in [1.29, 1.82) is 0 Å². The summed E-state index contributed by atoms with van der Waals surface area (Å²) in [5.41, 5.74) is 0.559. The maximum absolute atomic E-state index is 12.0. The molecule has 1 aromatic heterocycles. The Morgan fingerprint density at radius 1 is 0.966 bits per heavy atom. The van der Waals surface area contributed by atoms with Crippen molar-refractivity contribution in [3.63, 3.8) is 0 Å². The zero-order valence-corrected chi connectivity index (χ0v) is 15.7. The van der Waals surface area contributed by atoms with Crippen LogP contribution in [0.1, 0.15) is 6.92 Å². The fourth-order valence-corrected chi connectivity index (χ4v) is 3.26. The summed E-state index contributed by atoms with van der Waals surface area (Å²) in [4.78, 5) is 21.6. The van der Waals surface area contributed by atoms with Crippen LogP contribution >= 0.6 is 0 Å². The summed E-state index contributed by atoms with van der Waals surface area (Å²) in [5, 5.41) is 14.0. The van der Waals surface area contributed by atoms with Crippen LogP contribution in [0, 0.1) is 10.1 Å². The Bertz CT molecular complexity index is 1160. The second-order valence-electron chi connectivity index (χ2n) is 6.27. The van der Waals surface area contributed by atoms with Gasteiger partial charge in [-0.2, -0.15) is 4.98 Å². The topological polar surface area (TPSA) is 81.4 Å². The molecule has 0 fully saturated rings. The number of benzene rings is 3. The lowest BCUT2D eigenvalue weighted by Crippen LogP contribution is -2.19. The first kappa shape index (κ1) is 18.4. The molecule has 4 aromatic rings. The molecule has 0 unspecified atom stereocenters. The molecule has 0 saturated carbocycles. The van der Waals surface area contributed by atoms with E-state index in [0.717, 1.165) is 16.5 Å². The maximum atomic E-state index is 12.0. The number of fused-ring (bicyclic) bond motifs is 1. The fourth-order valence-electron chi connectivity index (χ4n) is 3.26. The van der Waals surface area contributed by atoms with Crippen molar-refractivity contribution in [2.45, 2.75) is 6.92 Å². The van der Waals surface area contributed by atoms with Gasteiger partial charge in [-0.1, -0.05) is 54.6 Å². The fraction of sp³-hybridized carbons (Fsp3) is 0.0909. The Labute approximate surface area is 167 Å². The van der Waals surface area contributed by atoms with Crippen LogP contribution in [0.3, 0.4) is 0 Å². The predicted molar refractivity (Wildman–Crippen MR) is 112 cm³/mol. The van der Waals surface area contributed by atoms with Gasteiger partial charge in [0, 0.05) is 11.9 Å². The van der Waals surface area contributed by atoms with Gasteiger partial charge in [0.05, 0.1) is 10.6 Å². The summed E-state index contributed by atoms with van der Waals surface area (Å²) in [5.74, 6) is 0.563. The summed E-state index contributed by atoms with van der Waals surface area (Å²) in [6.07, 6.45) is 1.29. The molecule has 0 aliphatic heterocycles. The minimum absolute atomic E-state index is 0.0927. The third-order valence-corrected chi connectivity index (χ3v) is 4.54. The number of anilines is 2. The molecule has 0 amide bonds. The highest BCUT2D eigenvalue weighted by atomic mass is 16.6. The molecule has 0 N–H and O–H groups in total. The number of ether oxygens (including phenoxy) is 1. The van der Waals surface area contributed by atoms with Gasteiger partial charge in [0.1, 0.15) is 12.1 Å². The van der Waals surface area contributed by atoms with Crippen LogP contribution in [0.4, 0.5) is 17.2 Å². The van der Waals surface area contributed by atoms with Gasteiger partial charge < -0.3 is 9.64 Å². The largest absolute Gasteiger partial charge is 0.434 e. The molecular weight excluding hydrogens is 368 g/mol. The molecular formula is C22H18N4O3. The minimum atomic E-state index is -0.499. The van der Waals surface area contributed by atoms with Crippen LogP contribution in [0.5, 0.6) is 11.6 Å². The van der Waals surface area contributed by atoms with Crippen molar-refractivity contribution in [2.24, 2.45) is 0 Å². The zero-order valence-electron chi connectivity index (χ0n) is 15.7. The monoisotopic (exact) mass is 386 g/mol. The SMILES string of the molecule is CCN(c1ncnc(Oc2ccccc2)c1[N+](=O)[O-])c1cccc2ccccc12. The van der Waals surface area contributed by atoms with Gasteiger partial charge in [-0.05, 0) is 30.5 Å². The highest BCUT2D eigenvalue weighted by Crippen LogP contribution is 2.40. The Hall–Kier alpha value is -4.00. The van der Waals surface area contributed by atoms with Crippen molar-refractivity contribution >= 4 is 28.0 Å². The molecule has 0 aliphatic rings. The maximum Gasteiger partial charge on any atom is 0.373 e. The first-order valence-electron chi connectivity index (χ1n) is 9.16. The normalized spacial score (nSPS) is 10.7. The summed E-state index contributed by atoms with van der Waals surface area (Å²) >= 11 is 0. The van der Waals surface area contributed by atoms with Gasteiger partial charge in [0.2, 0.25) is 5.82 Å². The molecule has 144 valence electrons. The molecule has 0 bridgehead atoms. The van der Waals surface area contributed by atoms with E-state index in [-0.39, 0.29) is 17.4 Å². The van der Waals surface area contributed by atoms with E-state index < -0.39 is 4.92 Å². The molecule has 0 atom stereocenters. The number of nitrogens with zero attached hydrogens (tertiary/aromatic N) is 4. The van der Waals surface area contributed by atoms with E-state index in [1.807, 2.05) is 55.5 Å². The Morgan fingerprint density at radius 3 is 2.45 bits per heavy atom. The first-order chi connectivity index (χ1) is 14.2. The van der Waals surface area contributed by atoms with Crippen molar-refractivity contribution in [1.82, 2.24) is 9.97 Å². The molecule has 29 heavy (non-hydrogen) atoms. The van der Waals surface area contributed by atoms with Crippen LogP contribution in [-0.4, -0.2) is 21.4 Å². The summed E-state index contributed by atoms with van der Waals surface area (Å²) in [7, 11) is 0. The highest BCUT2D eigenvalue weighted by Gasteiger charge is 2.29. The lowest BCUT2D eigenvalue weighted by atomic mass is 10.1. The van der Waals surface area contributed by atoms with Gasteiger partial charge in [-0.25, -0.2) is 4.98 Å². The van der Waals surface area contributed by atoms with E-state index in [1.54, 1.807) is 29.2 Å². The van der Waals surface area contributed by atoms with E-state index in [9.17, 15) is 10.1 Å². The predicted octanol–water partition coefficient (Wildman–Crippen LogP) is 5.49. The molecule has 0 saturated heterocycles. The lowest BCUT2D eigenvalue weighted by Gasteiger charge is -2.23. The number of para-hydroxylation sites is 1. The van der Waals surface area contributed by atoms with Crippen molar-refractivity contribution in [2.75, 3.05) is 11.4 Å². The van der Waals surface area contributed by atoms with Crippen LogP contribution in [0.2, 0.25) is 0 Å². The molecule has 7 heteroatoms. The smallest absolute Gasteiger partial charge is 0.373 e. The van der Waals surface area contributed by atoms with Gasteiger partial charge in [0.25, 0.3) is 0 Å². The van der Waals surface area contributed by atoms with E-state index in [1.165, 1.54) is 6.33 Å². The van der Waals surface area contributed by atoms with Crippen LogP contribution < -0.4 is 9.64 Å². The van der Waals surface area contributed by atoms with Crippen LogP contribution in [0.15, 0.2) is 79.1 Å². The number of aromatic nitrogens is 2. The third-order valence-electron chi connectivity index (χ3n) is 4.54. The van der Waals surface area contributed by atoms with Crippen molar-refractivity contribution in [3.8, 4) is 11.6 Å². The van der Waals surface area contributed by atoms with E-state index in [2.05, 4.69) is 9.97 Å². The lowest BCUT2D eigenvalue weighted by molar-refractivity contribution is -0.385. The zero-order chi connectivity index (χ0) is 20.2. The number of nitro groups is 1. The Kier molecular flexibility index (Phi) is 5.03. The van der Waals surface area contributed by atoms with Gasteiger partial charge in [0.15, 0.2) is 0 Å². The molecule has 0 radical (unpaired) electrons. The standard InChI is InChI=1S/C22H18N4O3/c1-2-25(19-14-8-10-16-9-6-7-13-18(16)19)21-20(26(27)28)22(24-15-23-21)29-17-11-4-3-5-12-17/h3-15H,2H2,1H3. The van der Waals surface area contributed by atoms with Crippen molar-refractivity contribution < 1.29 is 9.66 Å². The molecule has 0 spiro atoms. The van der Waals surface area contributed by atoms with E-state index in [0.29, 0.717) is 12.3 Å². The van der Waals surface area contributed by atoms with Gasteiger partial charge in [-0.3, -0.25) is 10.1 Å². The summed E-state index contributed by atoms with van der Waals surface area (Å²) in [6, 6.07) is 22.6. The first-order valence-corrected chi connectivity index (χ1v) is 9.16. The Morgan fingerprint density at radius 2 is 1.69 bits per heavy atom. The summed E-state index contributed by atoms with van der Waals surface area (Å²) < 4.78 is 5.71. The minimum Gasteiger partial charge on any atom is -0.434 e. The molecule has 0 aliphatic carbocycles. The number of rotatable bonds is 6. The second-order valence-corrected chi connectivity index (χ2v) is 6.27. The van der Waals surface area contributed by atoms with Gasteiger partial charge >= 0.3 is 11.6 Å². The van der Waals surface area contributed by atoms with Crippen molar-refractivity contribution in [3.05, 3.63) is 89.2 Å². The molecule has 7 nitrogen and oxygen atoms in total. The Balaban J connectivity index is 1.86.